The molecule has 9 heteroatoms. The van der Waals surface area contributed by atoms with E-state index in [1.165, 1.54) is 11.3 Å². The number of alkyl halides is 2. The maximum Gasteiger partial charge on any atom is 0.277 e. The molecule has 1 saturated heterocycles. The highest BCUT2D eigenvalue weighted by molar-refractivity contribution is 7.11. The van der Waals surface area contributed by atoms with Gasteiger partial charge in [0.15, 0.2) is 0 Å². The van der Waals surface area contributed by atoms with E-state index < -0.39 is 24.4 Å². The molecule has 3 aromatic rings. The number of amides is 1. The van der Waals surface area contributed by atoms with Gasteiger partial charge in [-0.25, -0.2) is 13.8 Å². The highest BCUT2D eigenvalue weighted by Gasteiger charge is 2.46. The summed E-state index contributed by atoms with van der Waals surface area (Å²) in [5, 5.41) is 1.18. The van der Waals surface area contributed by atoms with Crippen molar-refractivity contribution in [2.24, 2.45) is 5.73 Å². The molecule has 0 saturated carbocycles. The van der Waals surface area contributed by atoms with Crippen LogP contribution in [0.15, 0.2) is 22.7 Å². The number of aryl methyl sites for hydroxylation is 2. The zero-order valence-electron chi connectivity index (χ0n) is 16.0. The molecule has 1 unspecified atom stereocenters. The van der Waals surface area contributed by atoms with E-state index in [4.69, 9.17) is 19.6 Å². The third kappa shape index (κ3) is 3.60. The van der Waals surface area contributed by atoms with E-state index in [9.17, 15) is 13.6 Å². The summed E-state index contributed by atoms with van der Waals surface area (Å²) in [5.41, 5.74) is 6.23. The summed E-state index contributed by atoms with van der Waals surface area (Å²) in [6.45, 7) is 3.15. The number of carbonyl (C=O) groups is 1. The summed E-state index contributed by atoms with van der Waals surface area (Å²) in [6.07, 6.45) is 1.78. The number of nitrogens with zero attached hydrogens (tertiary/aromatic N) is 1. The molecule has 6 nitrogen and oxygen atoms in total. The number of halogens is 2. The first kappa shape index (κ1) is 19.8. The molecule has 0 spiro atoms. The van der Waals surface area contributed by atoms with E-state index in [1.54, 1.807) is 25.3 Å². The molecule has 1 aliphatic rings. The zero-order valence-corrected chi connectivity index (χ0v) is 16.8. The van der Waals surface area contributed by atoms with Crippen molar-refractivity contribution in [1.82, 2.24) is 4.98 Å². The van der Waals surface area contributed by atoms with Crippen LogP contribution in [-0.4, -0.2) is 30.0 Å². The Morgan fingerprint density at radius 2 is 2.21 bits per heavy atom. The van der Waals surface area contributed by atoms with Gasteiger partial charge in [-0.3, -0.25) is 4.79 Å². The maximum atomic E-state index is 14.8. The SMILES string of the molecule is Cc1ncc(COc2ccc3oc(C)c(C(N)=O)c3c2C2CCOCC2(F)F)s1. The summed E-state index contributed by atoms with van der Waals surface area (Å²) in [5.74, 6) is -4.47. The van der Waals surface area contributed by atoms with Crippen LogP contribution < -0.4 is 10.5 Å². The molecule has 0 aliphatic carbocycles. The molecule has 0 radical (unpaired) electrons. The monoisotopic (exact) mass is 422 g/mol. The summed E-state index contributed by atoms with van der Waals surface area (Å²) in [6, 6.07) is 3.22. The number of fused-ring (bicyclic) bond motifs is 1. The normalized spacial score (nSPS) is 18.8. The Kier molecular flexibility index (Phi) is 5.04. The molecule has 1 aliphatic heterocycles. The minimum absolute atomic E-state index is 0.0879. The van der Waals surface area contributed by atoms with E-state index in [-0.39, 0.29) is 36.5 Å². The third-order valence-electron chi connectivity index (χ3n) is 5.02. The Labute approximate surface area is 169 Å². The number of ether oxygens (including phenoxy) is 2. The van der Waals surface area contributed by atoms with Gasteiger partial charge in [-0.1, -0.05) is 0 Å². The highest BCUT2D eigenvalue weighted by atomic mass is 32.1. The lowest BCUT2D eigenvalue weighted by molar-refractivity contribution is -0.130. The van der Waals surface area contributed by atoms with Crippen molar-refractivity contribution in [3.63, 3.8) is 0 Å². The predicted octanol–water partition coefficient (Wildman–Crippen LogP) is 4.32. The lowest BCUT2D eigenvalue weighted by Crippen LogP contribution is -2.37. The maximum absolute atomic E-state index is 14.8. The van der Waals surface area contributed by atoms with Gasteiger partial charge in [0.05, 0.1) is 21.4 Å². The Morgan fingerprint density at radius 1 is 1.41 bits per heavy atom. The fraction of sp³-hybridized carbons (Fsp3) is 0.400. The van der Waals surface area contributed by atoms with Crippen molar-refractivity contribution in [3.8, 4) is 5.75 Å². The number of carbonyl (C=O) groups excluding carboxylic acids is 1. The van der Waals surface area contributed by atoms with Crippen molar-refractivity contribution >= 4 is 28.2 Å². The second kappa shape index (κ2) is 7.38. The number of thiazole rings is 1. The largest absolute Gasteiger partial charge is 0.488 e. The predicted molar refractivity (Wildman–Crippen MR) is 104 cm³/mol. The van der Waals surface area contributed by atoms with Gasteiger partial charge in [-0.2, -0.15) is 0 Å². The third-order valence-corrected chi connectivity index (χ3v) is 5.91. The van der Waals surface area contributed by atoms with Crippen molar-refractivity contribution < 1.29 is 27.5 Å². The zero-order chi connectivity index (χ0) is 20.8. The van der Waals surface area contributed by atoms with Gasteiger partial charge >= 0.3 is 0 Å². The van der Waals surface area contributed by atoms with Crippen LogP contribution in [0.1, 0.15) is 43.9 Å². The van der Waals surface area contributed by atoms with Crippen LogP contribution in [0.2, 0.25) is 0 Å². The molecule has 154 valence electrons. The minimum atomic E-state index is -3.12. The lowest BCUT2D eigenvalue weighted by Gasteiger charge is -2.33. The number of benzene rings is 1. The molecule has 0 bridgehead atoms. The summed E-state index contributed by atoms with van der Waals surface area (Å²) >= 11 is 1.47. The number of hydrogen-bond donors (Lipinski definition) is 1. The van der Waals surface area contributed by atoms with E-state index in [0.717, 1.165) is 9.88 Å². The van der Waals surface area contributed by atoms with Crippen LogP contribution >= 0.6 is 11.3 Å². The summed E-state index contributed by atoms with van der Waals surface area (Å²) < 4.78 is 46.2. The van der Waals surface area contributed by atoms with Gasteiger partial charge in [0, 0.05) is 23.8 Å². The first-order chi connectivity index (χ1) is 13.8. The van der Waals surface area contributed by atoms with Gasteiger partial charge in [-0.05, 0) is 32.4 Å². The van der Waals surface area contributed by atoms with E-state index in [0.29, 0.717) is 16.7 Å². The molecule has 1 fully saturated rings. The molecule has 2 N–H and O–H groups in total. The lowest BCUT2D eigenvalue weighted by atomic mass is 9.84. The number of hydrogen-bond acceptors (Lipinski definition) is 6. The molecular formula is C20H20F2N2O4S. The Balaban J connectivity index is 1.87. The minimum Gasteiger partial charge on any atom is -0.488 e. The second-order valence-electron chi connectivity index (χ2n) is 7.04. The van der Waals surface area contributed by atoms with Crippen LogP contribution in [0.25, 0.3) is 11.0 Å². The first-order valence-electron chi connectivity index (χ1n) is 9.13. The van der Waals surface area contributed by atoms with Crippen molar-refractivity contribution in [2.45, 2.75) is 38.7 Å². The van der Waals surface area contributed by atoms with E-state index in [1.807, 2.05) is 6.92 Å². The van der Waals surface area contributed by atoms with E-state index in [2.05, 4.69) is 4.98 Å². The highest BCUT2D eigenvalue weighted by Crippen LogP contribution is 2.47. The number of rotatable bonds is 5. The van der Waals surface area contributed by atoms with E-state index >= 15 is 0 Å². The summed E-state index contributed by atoms with van der Waals surface area (Å²) in [7, 11) is 0. The molecule has 1 amide bonds. The first-order valence-corrected chi connectivity index (χ1v) is 9.95. The number of primary amides is 1. The molecule has 1 aromatic carbocycles. The molecule has 3 heterocycles. The average Bonchev–Trinajstić information content (AvgIpc) is 3.21. The quantitative estimate of drug-likeness (QED) is 0.662. The Hall–Kier alpha value is -2.52. The van der Waals surface area contributed by atoms with Crippen molar-refractivity contribution in [3.05, 3.63) is 45.1 Å². The number of furan rings is 1. The van der Waals surface area contributed by atoms with Crippen LogP contribution in [0.3, 0.4) is 0 Å². The van der Waals surface area contributed by atoms with Gasteiger partial charge in [-0.15, -0.1) is 11.3 Å². The van der Waals surface area contributed by atoms with Crippen LogP contribution in [-0.2, 0) is 11.3 Å². The van der Waals surface area contributed by atoms with Gasteiger partial charge in [0.2, 0.25) is 0 Å². The van der Waals surface area contributed by atoms with Crippen LogP contribution in [0.4, 0.5) is 8.78 Å². The van der Waals surface area contributed by atoms with Crippen LogP contribution in [0.5, 0.6) is 5.75 Å². The molecule has 29 heavy (non-hydrogen) atoms. The topological polar surface area (TPSA) is 87.6 Å². The Morgan fingerprint density at radius 3 is 2.86 bits per heavy atom. The number of aromatic nitrogens is 1. The average molecular weight is 422 g/mol. The second-order valence-corrected chi connectivity index (χ2v) is 8.36. The van der Waals surface area contributed by atoms with Crippen molar-refractivity contribution in [1.29, 1.82) is 0 Å². The van der Waals surface area contributed by atoms with Crippen LogP contribution in [0, 0.1) is 13.8 Å². The fourth-order valence-corrected chi connectivity index (χ4v) is 4.49. The molecule has 4 rings (SSSR count). The van der Waals surface area contributed by atoms with Gasteiger partial charge < -0.3 is 19.6 Å². The van der Waals surface area contributed by atoms with Gasteiger partial charge in [0.25, 0.3) is 11.8 Å². The Bertz CT molecular complexity index is 1080. The molecule has 2 aromatic heterocycles. The van der Waals surface area contributed by atoms with Crippen molar-refractivity contribution in [2.75, 3.05) is 13.2 Å². The standard InChI is InChI=1S/C20H20F2N2O4S/c1-10-16(19(23)25)18-15(28-10)4-3-14(27-8-12-7-24-11(2)29-12)17(18)13-5-6-26-9-20(13,21)22/h3-4,7,13H,5-6,8-9H2,1-2H3,(H2,23,25). The number of nitrogens with two attached hydrogens (primary N) is 1. The smallest absolute Gasteiger partial charge is 0.277 e. The van der Waals surface area contributed by atoms with Gasteiger partial charge in [0.1, 0.15) is 30.3 Å². The molecule has 1 atom stereocenters. The molecular weight excluding hydrogens is 402 g/mol. The fourth-order valence-electron chi connectivity index (χ4n) is 3.78. The summed E-state index contributed by atoms with van der Waals surface area (Å²) in [4.78, 5) is 17.1.